The maximum atomic E-state index is 12.8. The lowest BCUT2D eigenvalue weighted by Crippen LogP contribution is -2.35. The third-order valence-electron chi connectivity index (χ3n) is 5.24. The Morgan fingerprint density at radius 2 is 1.87 bits per heavy atom. The van der Waals surface area contributed by atoms with Crippen LogP contribution in [0.15, 0.2) is 59.9 Å². The molecular formula is C22H21N7O2. The lowest BCUT2D eigenvalue weighted by molar-refractivity contribution is 0.102. The summed E-state index contributed by atoms with van der Waals surface area (Å²) in [5, 5.41) is 11.4. The normalized spacial score (nSPS) is 14.5. The van der Waals surface area contributed by atoms with Crippen molar-refractivity contribution in [2.75, 3.05) is 23.7 Å². The van der Waals surface area contributed by atoms with Crippen LogP contribution in [0, 0.1) is 0 Å². The van der Waals surface area contributed by atoms with Crippen molar-refractivity contribution in [3.05, 3.63) is 61.0 Å². The van der Waals surface area contributed by atoms with Crippen LogP contribution in [0.3, 0.4) is 0 Å². The zero-order valence-corrected chi connectivity index (χ0v) is 16.7. The molecule has 3 N–H and O–H groups in total. The Morgan fingerprint density at radius 1 is 1.00 bits per heavy atom. The first-order chi connectivity index (χ1) is 15.2. The molecule has 1 aliphatic heterocycles. The second kappa shape index (κ2) is 8.49. The molecule has 9 heteroatoms. The van der Waals surface area contributed by atoms with Gasteiger partial charge in [0.15, 0.2) is 12.2 Å². The van der Waals surface area contributed by atoms with Crippen LogP contribution in [-0.4, -0.2) is 45.0 Å². The molecule has 0 aliphatic carbocycles. The quantitative estimate of drug-likeness (QED) is 0.455. The largest absolute Gasteiger partial charge is 0.442 e. The highest BCUT2D eigenvalue weighted by Crippen LogP contribution is 2.23. The van der Waals surface area contributed by atoms with Crippen LogP contribution in [0.25, 0.3) is 22.2 Å². The number of fused-ring (bicyclic) bond motifs is 1. The number of nitrogens with zero attached hydrogens (tertiary/aromatic N) is 4. The minimum Gasteiger partial charge on any atom is -0.442 e. The van der Waals surface area contributed by atoms with Crippen molar-refractivity contribution in [2.45, 2.75) is 18.9 Å². The number of nitrogens with one attached hydrogen (secondary N) is 3. The Bertz CT molecular complexity index is 1200. The molecule has 0 radical (unpaired) electrons. The zero-order chi connectivity index (χ0) is 21.0. The van der Waals surface area contributed by atoms with Gasteiger partial charge in [0.2, 0.25) is 0 Å². The van der Waals surface area contributed by atoms with E-state index in [0.717, 1.165) is 36.7 Å². The molecule has 0 aromatic carbocycles. The fourth-order valence-corrected chi connectivity index (χ4v) is 3.60. The molecule has 1 amide bonds. The summed E-state index contributed by atoms with van der Waals surface area (Å²) in [6.07, 6.45) is 10.1. The van der Waals surface area contributed by atoms with Gasteiger partial charge in [-0.05, 0) is 55.6 Å². The maximum Gasteiger partial charge on any atom is 0.257 e. The predicted octanol–water partition coefficient (Wildman–Crippen LogP) is 3.10. The number of piperidine rings is 1. The average molecular weight is 415 g/mol. The smallest absolute Gasteiger partial charge is 0.257 e. The standard InChI is InChI=1S/C22H21N7O2/c30-22(14-1-6-25-20(8-14)28-17-2-4-23-5-3-17)29-21-9-15-7-18(19-12-24-13-31-19)26-10-16(15)11-27-21/h1,6-13,17,23H,2-5H2,(H,25,28)(H,27,29,30). The van der Waals surface area contributed by atoms with E-state index in [4.69, 9.17) is 4.42 Å². The summed E-state index contributed by atoms with van der Waals surface area (Å²) in [5.74, 6) is 1.49. The SMILES string of the molecule is O=C(Nc1cc2cc(-c3cnco3)ncc2cn1)c1ccnc(NC2CCNCC2)c1. The Morgan fingerprint density at radius 3 is 2.71 bits per heavy atom. The van der Waals surface area contributed by atoms with Gasteiger partial charge >= 0.3 is 0 Å². The molecule has 4 aromatic rings. The van der Waals surface area contributed by atoms with E-state index in [9.17, 15) is 4.79 Å². The van der Waals surface area contributed by atoms with Crippen LogP contribution < -0.4 is 16.0 Å². The van der Waals surface area contributed by atoms with Crippen LogP contribution in [0.4, 0.5) is 11.6 Å². The van der Waals surface area contributed by atoms with Crippen molar-refractivity contribution in [3.63, 3.8) is 0 Å². The summed E-state index contributed by atoms with van der Waals surface area (Å²) in [6.45, 7) is 1.97. The highest BCUT2D eigenvalue weighted by molar-refractivity contribution is 6.04. The number of pyridine rings is 3. The number of hydrogen-bond acceptors (Lipinski definition) is 8. The van der Waals surface area contributed by atoms with Crippen molar-refractivity contribution >= 4 is 28.3 Å². The molecule has 0 saturated carbocycles. The van der Waals surface area contributed by atoms with Crippen molar-refractivity contribution in [3.8, 4) is 11.5 Å². The van der Waals surface area contributed by atoms with E-state index in [1.165, 1.54) is 6.39 Å². The molecule has 5 rings (SSSR count). The second-order valence-corrected chi connectivity index (χ2v) is 7.40. The molecule has 31 heavy (non-hydrogen) atoms. The van der Waals surface area contributed by atoms with E-state index in [1.807, 2.05) is 12.1 Å². The Labute approximate surface area is 178 Å². The van der Waals surface area contributed by atoms with E-state index in [0.29, 0.717) is 34.7 Å². The van der Waals surface area contributed by atoms with Gasteiger partial charge in [-0.1, -0.05) is 0 Å². The number of carbonyl (C=O) groups excluding carboxylic acids is 1. The zero-order valence-electron chi connectivity index (χ0n) is 16.7. The summed E-state index contributed by atoms with van der Waals surface area (Å²) in [5.41, 5.74) is 1.18. The van der Waals surface area contributed by atoms with Crippen molar-refractivity contribution in [2.24, 2.45) is 0 Å². The molecule has 5 heterocycles. The number of anilines is 2. The topological polar surface area (TPSA) is 118 Å². The van der Waals surface area contributed by atoms with Crippen LogP contribution in [0.5, 0.6) is 0 Å². The molecular weight excluding hydrogens is 394 g/mol. The highest BCUT2D eigenvalue weighted by atomic mass is 16.3. The molecule has 0 bridgehead atoms. The van der Waals surface area contributed by atoms with Crippen molar-refractivity contribution in [1.29, 1.82) is 0 Å². The first kappa shape index (κ1) is 19.1. The average Bonchev–Trinajstić information content (AvgIpc) is 3.34. The molecule has 1 aliphatic rings. The molecule has 0 spiro atoms. The molecule has 9 nitrogen and oxygen atoms in total. The third-order valence-corrected chi connectivity index (χ3v) is 5.24. The number of amides is 1. The summed E-state index contributed by atoms with van der Waals surface area (Å²) in [6, 6.07) is 7.51. The van der Waals surface area contributed by atoms with Crippen molar-refractivity contribution in [1.82, 2.24) is 25.3 Å². The fourth-order valence-electron chi connectivity index (χ4n) is 3.60. The minimum absolute atomic E-state index is 0.243. The van der Waals surface area contributed by atoms with Crippen LogP contribution >= 0.6 is 0 Å². The molecule has 0 unspecified atom stereocenters. The summed E-state index contributed by atoms with van der Waals surface area (Å²) in [4.78, 5) is 29.8. The van der Waals surface area contributed by atoms with E-state index in [1.54, 1.807) is 36.9 Å². The predicted molar refractivity (Wildman–Crippen MR) is 117 cm³/mol. The van der Waals surface area contributed by atoms with E-state index in [2.05, 4.69) is 35.9 Å². The molecule has 1 saturated heterocycles. The minimum atomic E-state index is -0.243. The van der Waals surface area contributed by atoms with Gasteiger partial charge < -0.3 is 20.4 Å². The van der Waals surface area contributed by atoms with Gasteiger partial charge in [-0.2, -0.15) is 0 Å². The monoisotopic (exact) mass is 415 g/mol. The Balaban J connectivity index is 1.33. The molecule has 0 atom stereocenters. The highest BCUT2D eigenvalue weighted by Gasteiger charge is 2.15. The number of rotatable bonds is 5. The van der Waals surface area contributed by atoms with Crippen molar-refractivity contribution < 1.29 is 9.21 Å². The van der Waals surface area contributed by atoms with Crippen LogP contribution in [-0.2, 0) is 0 Å². The second-order valence-electron chi connectivity index (χ2n) is 7.40. The number of hydrogen-bond donors (Lipinski definition) is 3. The summed E-state index contributed by atoms with van der Waals surface area (Å²) < 4.78 is 5.31. The maximum absolute atomic E-state index is 12.8. The summed E-state index contributed by atoms with van der Waals surface area (Å²) in [7, 11) is 0. The number of aromatic nitrogens is 4. The third kappa shape index (κ3) is 4.36. The lowest BCUT2D eigenvalue weighted by Gasteiger charge is -2.24. The fraction of sp³-hybridized carbons (Fsp3) is 0.227. The van der Waals surface area contributed by atoms with E-state index >= 15 is 0 Å². The first-order valence-corrected chi connectivity index (χ1v) is 10.1. The Kier molecular flexibility index (Phi) is 5.24. The van der Waals surface area contributed by atoms with Crippen LogP contribution in [0.2, 0.25) is 0 Å². The van der Waals surface area contributed by atoms with Gasteiger partial charge in [0, 0.05) is 35.6 Å². The Hall–Kier alpha value is -3.85. The van der Waals surface area contributed by atoms with E-state index < -0.39 is 0 Å². The number of oxazole rings is 1. The van der Waals surface area contributed by atoms with Crippen LogP contribution in [0.1, 0.15) is 23.2 Å². The summed E-state index contributed by atoms with van der Waals surface area (Å²) >= 11 is 0. The number of carbonyl (C=O) groups is 1. The molecule has 156 valence electrons. The van der Waals surface area contributed by atoms with E-state index in [-0.39, 0.29) is 5.91 Å². The first-order valence-electron chi connectivity index (χ1n) is 10.1. The van der Waals surface area contributed by atoms with Gasteiger partial charge in [-0.15, -0.1) is 0 Å². The van der Waals surface area contributed by atoms with Gasteiger partial charge in [0.1, 0.15) is 17.3 Å². The molecule has 1 fully saturated rings. The lowest BCUT2D eigenvalue weighted by atomic mass is 10.1. The van der Waals surface area contributed by atoms with Gasteiger partial charge in [0.05, 0.1) is 6.20 Å². The van der Waals surface area contributed by atoms with Gasteiger partial charge in [-0.3, -0.25) is 9.78 Å². The van der Waals surface area contributed by atoms with Gasteiger partial charge in [0.25, 0.3) is 5.91 Å². The van der Waals surface area contributed by atoms with Gasteiger partial charge in [-0.25, -0.2) is 15.0 Å². The molecule has 4 aromatic heterocycles.